The zero-order valence-corrected chi connectivity index (χ0v) is 36.1. The van der Waals surface area contributed by atoms with Crippen molar-refractivity contribution in [2.75, 3.05) is 4.90 Å². The molecule has 1 aliphatic heterocycles. The molecule has 5 nitrogen and oxygen atoms in total. The second-order valence-corrected chi connectivity index (χ2v) is 17.0. The van der Waals surface area contributed by atoms with Crippen molar-refractivity contribution in [2.24, 2.45) is 0 Å². The van der Waals surface area contributed by atoms with Crippen LogP contribution in [0.25, 0.3) is 73.2 Å². The van der Waals surface area contributed by atoms with Gasteiger partial charge in [0.05, 0.1) is 16.9 Å². The van der Waals surface area contributed by atoms with Gasteiger partial charge >= 0.3 is 0 Å². The second-order valence-electron chi connectivity index (χ2n) is 17.0. The fraction of sp³-hybridized carbons (Fsp3) is 0.0678. The highest BCUT2D eigenvalue weighted by Crippen LogP contribution is 2.52. The molecular weight excluding hydrogens is 779 g/mol. The molecule has 11 rings (SSSR count). The highest BCUT2D eigenvalue weighted by atomic mass is 15.2. The lowest BCUT2D eigenvalue weighted by Gasteiger charge is -2.42. The number of para-hydroxylation sites is 2. The minimum absolute atomic E-state index is 0.178. The number of allylic oxidation sites excluding steroid dienone is 2. The summed E-state index contributed by atoms with van der Waals surface area (Å²) in [4.78, 5) is 17.4. The predicted molar refractivity (Wildman–Crippen MR) is 267 cm³/mol. The Morgan fingerprint density at radius 2 is 1.11 bits per heavy atom. The van der Waals surface area contributed by atoms with Crippen LogP contribution in [0.3, 0.4) is 0 Å². The van der Waals surface area contributed by atoms with Crippen molar-refractivity contribution in [3.63, 3.8) is 0 Å². The number of benzene rings is 8. The largest absolute Gasteiger partial charge is 0.313 e. The van der Waals surface area contributed by atoms with E-state index in [-0.39, 0.29) is 5.41 Å². The zero-order valence-electron chi connectivity index (χ0n) is 36.1. The van der Waals surface area contributed by atoms with Crippen molar-refractivity contribution < 1.29 is 0 Å². The summed E-state index contributed by atoms with van der Waals surface area (Å²) in [6.45, 7) is 11.5. The Hall–Kier alpha value is -8.15. The molecule has 3 heterocycles. The molecular formula is C59H45N5. The molecule has 0 bridgehead atoms. The number of hydrogen-bond donors (Lipinski definition) is 0. The summed E-state index contributed by atoms with van der Waals surface area (Å²) >= 11 is 0. The predicted octanol–water partition coefficient (Wildman–Crippen LogP) is 15.1. The Balaban J connectivity index is 1.02. The fourth-order valence-corrected chi connectivity index (χ4v) is 9.52. The van der Waals surface area contributed by atoms with Crippen LogP contribution in [-0.2, 0) is 5.41 Å². The summed E-state index contributed by atoms with van der Waals surface area (Å²) in [6, 6.07) is 68.2. The summed E-state index contributed by atoms with van der Waals surface area (Å²) in [5.74, 6) is 1.89. The van der Waals surface area contributed by atoms with E-state index in [0.29, 0.717) is 17.5 Å². The van der Waals surface area contributed by atoms with Gasteiger partial charge in [0.15, 0.2) is 17.5 Å². The maximum atomic E-state index is 5.06. The highest BCUT2D eigenvalue weighted by Gasteiger charge is 2.37. The van der Waals surface area contributed by atoms with Gasteiger partial charge in [-0.3, -0.25) is 0 Å². The summed E-state index contributed by atoms with van der Waals surface area (Å²) < 4.78 is 2.36. The molecule has 10 aromatic rings. The zero-order chi connectivity index (χ0) is 43.4. The van der Waals surface area contributed by atoms with E-state index in [0.717, 1.165) is 56.0 Å². The maximum absolute atomic E-state index is 5.06. The number of aromatic nitrogens is 4. The smallest absolute Gasteiger partial charge is 0.164 e. The fourth-order valence-electron chi connectivity index (χ4n) is 9.52. The molecule has 0 atom stereocenters. The SMILES string of the molecule is C=C(/C=C\c1c(C)n(-c2cccc(-c3nc(-c4ccccc4)nc(-c4ccccc4)n3)c2)c2ccc3ccccc3c12)c1ccc2c(c1)N(c1ccccc1)c1ccccc1C2(C)C. The molecule has 8 aromatic carbocycles. The van der Waals surface area contributed by atoms with Crippen LogP contribution in [0.1, 0.15) is 41.8 Å². The summed E-state index contributed by atoms with van der Waals surface area (Å²) in [5, 5.41) is 3.59. The molecule has 0 saturated carbocycles. The van der Waals surface area contributed by atoms with Crippen molar-refractivity contribution in [1.29, 1.82) is 0 Å². The van der Waals surface area contributed by atoms with E-state index in [4.69, 9.17) is 15.0 Å². The lowest BCUT2D eigenvalue weighted by atomic mass is 9.73. The van der Waals surface area contributed by atoms with Gasteiger partial charge in [-0.1, -0.05) is 184 Å². The number of nitrogens with zero attached hydrogens (tertiary/aromatic N) is 5. The molecule has 0 unspecified atom stereocenters. The third-order valence-corrected chi connectivity index (χ3v) is 12.8. The summed E-state index contributed by atoms with van der Waals surface area (Å²) in [7, 11) is 0. The van der Waals surface area contributed by atoms with Gasteiger partial charge in [-0.05, 0) is 82.4 Å². The summed E-state index contributed by atoms with van der Waals surface area (Å²) in [5.41, 5.74) is 15.1. The van der Waals surface area contributed by atoms with Gasteiger partial charge in [0.2, 0.25) is 0 Å². The minimum Gasteiger partial charge on any atom is -0.313 e. The second kappa shape index (κ2) is 15.6. The monoisotopic (exact) mass is 823 g/mol. The Labute approximate surface area is 374 Å². The van der Waals surface area contributed by atoms with Gasteiger partial charge in [-0.2, -0.15) is 0 Å². The van der Waals surface area contributed by atoms with Gasteiger partial charge in [-0.15, -0.1) is 0 Å². The van der Waals surface area contributed by atoms with Gasteiger partial charge in [0.1, 0.15) is 0 Å². The molecule has 2 aromatic heterocycles. The van der Waals surface area contributed by atoms with E-state index in [1.165, 1.54) is 38.7 Å². The van der Waals surface area contributed by atoms with Gasteiger partial charge in [0, 0.05) is 50.1 Å². The lowest BCUT2D eigenvalue weighted by molar-refractivity contribution is 0.632. The van der Waals surface area contributed by atoms with E-state index in [9.17, 15) is 0 Å². The van der Waals surface area contributed by atoms with E-state index in [2.05, 4.69) is 182 Å². The van der Waals surface area contributed by atoms with Crippen LogP contribution in [-0.4, -0.2) is 19.5 Å². The number of rotatable bonds is 8. The normalized spacial score (nSPS) is 13.0. The molecule has 5 heteroatoms. The van der Waals surface area contributed by atoms with E-state index in [1.807, 2.05) is 60.7 Å². The van der Waals surface area contributed by atoms with Crippen LogP contribution in [0.15, 0.2) is 207 Å². The van der Waals surface area contributed by atoms with E-state index in [1.54, 1.807) is 0 Å². The van der Waals surface area contributed by atoms with Crippen molar-refractivity contribution >= 4 is 50.4 Å². The average molecular weight is 824 g/mol. The number of fused-ring (bicyclic) bond motifs is 5. The van der Waals surface area contributed by atoms with E-state index >= 15 is 0 Å². The molecule has 1 aliphatic rings. The van der Waals surface area contributed by atoms with Gasteiger partial charge < -0.3 is 9.47 Å². The maximum Gasteiger partial charge on any atom is 0.164 e. The third-order valence-electron chi connectivity index (χ3n) is 12.8. The topological polar surface area (TPSA) is 46.8 Å². The lowest BCUT2D eigenvalue weighted by Crippen LogP contribution is -2.30. The number of hydrogen-bond acceptors (Lipinski definition) is 4. The Morgan fingerprint density at radius 3 is 1.83 bits per heavy atom. The van der Waals surface area contributed by atoms with E-state index < -0.39 is 0 Å². The highest BCUT2D eigenvalue weighted by molar-refractivity contribution is 6.12. The molecule has 0 fully saturated rings. The molecule has 0 aliphatic carbocycles. The van der Waals surface area contributed by atoms with Crippen LogP contribution < -0.4 is 4.90 Å². The molecule has 64 heavy (non-hydrogen) atoms. The van der Waals surface area contributed by atoms with Crippen LogP contribution >= 0.6 is 0 Å². The number of anilines is 3. The average Bonchev–Trinajstić information content (AvgIpc) is 3.64. The first-order valence-corrected chi connectivity index (χ1v) is 21.8. The molecule has 0 saturated heterocycles. The van der Waals surface area contributed by atoms with Crippen LogP contribution in [0, 0.1) is 6.92 Å². The van der Waals surface area contributed by atoms with Crippen molar-refractivity contribution in [1.82, 2.24) is 19.5 Å². The Bertz CT molecular complexity index is 3380. The molecule has 0 spiro atoms. The minimum atomic E-state index is -0.178. The van der Waals surface area contributed by atoms with Gasteiger partial charge in [-0.25, -0.2) is 15.0 Å². The first-order chi connectivity index (χ1) is 31.3. The van der Waals surface area contributed by atoms with Crippen LogP contribution in [0.4, 0.5) is 17.1 Å². The van der Waals surface area contributed by atoms with Crippen molar-refractivity contribution in [3.05, 3.63) is 235 Å². The molecule has 0 N–H and O–H groups in total. The Morgan fingerprint density at radius 1 is 0.531 bits per heavy atom. The third kappa shape index (κ3) is 6.61. The van der Waals surface area contributed by atoms with Crippen LogP contribution in [0.5, 0.6) is 0 Å². The first-order valence-electron chi connectivity index (χ1n) is 21.8. The quantitative estimate of drug-likeness (QED) is 0.143. The molecule has 0 amide bonds. The molecule has 306 valence electrons. The Kier molecular flexibility index (Phi) is 9.47. The standard InChI is InChI=1S/C59H45N5/c1-39(44-32-35-51-54(38-44)64(46-25-12-7-13-26-46)52-30-17-16-29-50(52)59(51,3)4)31-34-48-40(2)63(53-36-33-41-19-14-15-28-49(41)55(48)53)47-27-18-24-45(37-47)58-61-56(42-20-8-5-9-21-42)60-57(62-58)43-22-10-6-11-23-43/h5-38H,1H2,2-4H3/b34-31-. The van der Waals surface area contributed by atoms with Crippen molar-refractivity contribution in [3.8, 4) is 39.9 Å². The van der Waals surface area contributed by atoms with Crippen LogP contribution in [0.2, 0.25) is 0 Å². The summed E-state index contributed by atoms with van der Waals surface area (Å²) in [6.07, 6.45) is 4.44. The first kappa shape index (κ1) is 38.7. The molecule has 0 radical (unpaired) electrons. The van der Waals surface area contributed by atoms with Gasteiger partial charge in [0.25, 0.3) is 0 Å². The van der Waals surface area contributed by atoms with Crippen molar-refractivity contribution in [2.45, 2.75) is 26.2 Å².